The number of hydrogen-bond donors (Lipinski definition) is 1. The van der Waals surface area contributed by atoms with Crippen LogP contribution in [0.4, 0.5) is 5.69 Å². The van der Waals surface area contributed by atoms with Gasteiger partial charge in [-0.25, -0.2) is 0 Å². The van der Waals surface area contributed by atoms with Crippen molar-refractivity contribution in [1.29, 1.82) is 0 Å². The molecule has 0 spiro atoms. The van der Waals surface area contributed by atoms with Crippen LogP contribution in [-0.2, 0) is 20.0 Å². The first-order valence-electron chi connectivity index (χ1n) is 5.70. The van der Waals surface area contributed by atoms with Crippen molar-refractivity contribution in [2.24, 2.45) is 7.05 Å². The molecule has 17 heavy (non-hydrogen) atoms. The van der Waals surface area contributed by atoms with E-state index in [4.69, 9.17) is 0 Å². The van der Waals surface area contributed by atoms with Gasteiger partial charge in [0.2, 0.25) is 0 Å². The molecule has 1 aromatic carbocycles. The maximum absolute atomic E-state index is 4.40. The molecule has 1 heterocycles. The highest BCUT2D eigenvalue weighted by atomic mass is 79.9. The highest BCUT2D eigenvalue weighted by Crippen LogP contribution is 2.16. The molecule has 0 saturated carbocycles. The lowest BCUT2D eigenvalue weighted by Crippen LogP contribution is -2.00. The van der Waals surface area contributed by atoms with E-state index in [-0.39, 0.29) is 0 Å². The number of aryl methyl sites for hydroxylation is 2. The van der Waals surface area contributed by atoms with Gasteiger partial charge < -0.3 is 5.32 Å². The molecule has 0 aliphatic heterocycles. The van der Waals surface area contributed by atoms with Crippen molar-refractivity contribution in [3.63, 3.8) is 0 Å². The Morgan fingerprint density at radius 2 is 2.00 bits per heavy atom. The zero-order valence-electron chi connectivity index (χ0n) is 10.1. The molecule has 2 aromatic rings. The zero-order chi connectivity index (χ0) is 12.3. The standard InChI is InChI=1S/C13H16BrN3/c1-3-12-13(9-17(2)16-12)15-8-10-4-6-11(14)7-5-10/h4-7,9,15H,3,8H2,1-2H3. The van der Waals surface area contributed by atoms with Gasteiger partial charge in [0.05, 0.1) is 11.4 Å². The number of nitrogens with one attached hydrogen (secondary N) is 1. The number of anilines is 1. The summed E-state index contributed by atoms with van der Waals surface area (Å²) in [5, 5.41) is 7.82. The number of halogens is 1. The minimum Gasteiger partial charge on any atom is -0.378 e. The molecule has 0 unspecified atom stereocenters. The van der Waals surface area contributed by atoms with E-state index >= 15 is 0 Å². The molecule has 90 valence electrons. The van der Waals surface area contributed by atoms with E-state index in [9.17, 15) is 0 Å². The second kappa shape index (κ2) is 5.36. The maximum atomic E-state index is 4.40. The Morgan fingerprint density at radius 1 is 1.29 bits per heavy atom. The zero-order valence-corrected chi connectivity index (χ0v) is 11.7. The van der Waals surface area contributed by atoms with E-state index in [0.29, 0.717) is 0 Å². The third kappa shape index (κ3) is 3.09. The molecule has 0 bridgehead atoms. The largest absolute Gasteiger partial charge is 0.378 e. The first kappa shape index (κ1) is 12.2. The van der Waals surface area contributed by atoms with Crippen LogP contribution in [0.15, 0.2) is 34.9 Å². The third-order valence-electron chi connectivity index (χ3n) is 2.64. The van der Waals surface area contributed by atoms with Gasteiger partial charge in [0.15, 0.2) is 0 Å². The van der Waals surface area contributed by atoms with Crippen molar-refractivity contribution in [3.8, 4) is 0 Å². The van der Waals surface area contributed by atoms with Gasteiger partial charge in [0.1, 0.15) is 0 Å². The fourth-order valence-electron chi connectivity index (χ4n) is 1.74. The Labute approximate surface area is 110 Å². The average molecular weight is 294 g/mol. The van der Waals surface area contributed by atoms with Crippen LogP contribution in [0.25, 0.3) is 0 Å². The van der Waals surface area contributed by atoms with Crippen LogP contribution in [0.1, 0.15) is 18.2 Å². The quantitative estimate of drug-likeness (QED) is 0.937. The first-order chi connectivity index (χ1) is 8.19. The van der Waals surface area contributed by atoms with Gasteiger partial charge >= 0.3 is 0 Å². The molecule has 1 N–H and O–H groups in total. The molecule has 0 aliphatic carbocycles. The minimum atomic E-state index is 0.825. The van der Waals surface area contributed by atoms with E-state index in [0.717, 1.165) is 28.8 Å². The van der Waals surface area contributed by atoms with Crippen LogP contribution >= 0.6 is 15.9 Å². The normalized spacial score (nSPS) is 10.5. The fraction of sp³-hybridized carbons (Fsp3) is 0.308. The van der Waals surface area contributed by atoms with Gasteiger partial charge in [-0.3, -0.25) is 4.68 Å². The Hall–Kier alpha value is -1.29. The number of nitrogens with zero attached hydrogens (tertiary/aromatic N) is 2. The SMILES string of the molecule is CCc1nn(C)cc1NCc1ccc(Br)cc1. The molecular formula is C13H16BrN3. The van der Waals surface area contributed by atoms with Crippen LogP contribution in [-0.4, -0.2) is 9.78 Å². The molecule has 0 saturated heterocycles. The lowest BCUT2D eigenvalue weighted by Gasteiger charge is -2.05. The van der Waals surface area contributed by atoms with Crippen molar-refractivity contribution in [2.45, 2.75) is 19.9 Å². The number of rotatable bonds is 4. The minimum absolute atomic E-state index is 0.825. The molecule has 3 nitrogen and oxygen atoms in total. The van der Waals surface area contributed by atoms with E-state index in [2.05, 4.69) is 57.5 Å². The highest BCUT2D eigenvalue weighted by molar-refractivity contribution is 9.10. The molecule has 0 aliphatic rings. The van der Waals surface area contributed by atoms with Crippen LogP contribution in [0.2, 0.25) is 0 Å². The van der Waals surface area contributed by atoms with Crippen LogP contribution in [0.5, 0.6) is 0 Å². The summed E-state index contributed by atoms with van der Waals surface area (Å²) in [7, 11) is 1.95. The van der Waals surface area contributed by atoms with Crippen molar-refractivity contribution in [2.75, 3.05) is 5.32 Å². The number of hydrogen-bond acceptors (Lipinski definition) is 2. The molecule has 0 amide bonds. The summed E-state index contributed by atoms with van der Waals surface area (Å²) in [6.45, 7) is 2.94. The van der Waals surface area contributed by atoms with E-state index in [1.54, 1.807) is 0 Å². The van der Waals surface area contributed by atoms with E-state index in [1.807, 2.05) is 17.9 Å². The molecule has 0 radical (unpaired) electrons. The summed E-state index contributed by atoms with van der Waals surface area (Å²) in [5.74, 6) is 0. The lowest BCUT2D eigenvalue weighted by atomic mass is 10.2. The molecule has 2 rings (SSSR count). The predicted octanol–water partition coefficient (Wildman–Crippen LogP) is 3.36. The van der Waals surface area contributed by atoms with E-state index < -0.39 is 0 Å². The molecular weight excluding hydrogens is 278 g/mol. The Bertz CT molecular complexity index is 488. The number of benzene rings is 1. The predicted molar refractivity (Wildman–Crippen MR) is 74.1 cm³/mol. The first-order valence-corrected chi connectivity index (χ1v) is 6.49. The van der Waals surface area contributed by atoms with Gasteiger partial charge in [-0.2, -0.15) is 5.10 Å². The van der Waals surface area contributed by atoms with Crippen LogP contribution < -0.4 is 5.32 Å². The second-order valence-electron chi connectivity index (χ2n) is 4.00. The molecule has 4 heteroatoms. The van der Waals surface area contributed by atoms with Crippen molar-refractivity contribution in [1.82, 2.24) is 9.78 Å². The second-order valence-corrected chi connectivity index (χ2v) is 4.91. The van der Waals surface area contributed by atoms with Crippen LogP contribution in [0.3, 0.4) is 0 Å². The summed E-state index contributed by atoms with van der Waals surface area (Å²) in [4.78, 5) is 0. The highest BCUT2D eigenvalue weighted by Gasteiger charge is 2.04. The molecule has 1 aromatic heterocycles. The molecule has 0 fully saturated rings. The monoisotopic (exact) mass is 293 g/mol. The molecule has 0 atom stereocenters. The van der Waals surface area contributed by atoms with Crippen molar-refractivity contribution >= 4 is 21.6 Å². The summed E-state index contributed by atoms with van der Waals surface area (Å²) >= 11 is 3.43. The van der Waals surface area contributed by atoms with Crippen molar-refractivity contribution in [3.05, 3.63) is 46.2 Å². The topological polar surface area (TPSA) is 29.9 Å². The smallest absolute Gasteiger partial charge is 0.0853 e. The Kier molecular flexibility index (Phi) is 3.84. The third-order valence-corrected chi connectivity index (χ3v) is 3.17. The lowest BCUT2D eigenvalue weighted by molar-refractivity contribution is 0.746. The van der Waals surface area contributed by atoms with Crippen molar-refractivity contribution < 1.29 is 0 Å². The number of aromatic nitrogens is 2. The van der Waals surface area contributed by atoms with Gasteiger partial charge in [0, 0.05) is 24.3 Å². The summed E-state index contributed by atoms with van der Waals surface area (Å²) in [5.41, 5.74) is 3.50. The Morgan fingerprint density at radius 3 is 2.65 bits per heavy atom. The maximum Gasteiger partial charge on any atom is 0.0853 e. The van der Waals surface area contributed by atoms with Gasteiger partial charge in [-0.15, -0.1) is 0 Å². The van der Waals surface area contributed by atoms with Gasteiger partial charge in [-0.05, 0) is 24.1 Å². The fourth-order valence-corrected chi connectivity index (χ4v) is 2.01. The van der Waals surface area contributed by atoms with Gasteiger partial charge in [0.25, 0.3) is 0 Å². The van der Waals surface area contributed by atoms with Crippen LogP contribution in [0, 0.1) is 0 Å². The summed E-state index contributed by atoms with van der Waals surface area (Å²) in [6.07, 6.45) is 2.97. The van der Waals surface area contributed by atoms with Gasteiger partial charge in [-0.1, -0.05) is 35.0 Å². The summed E-state index contributed by atoms with van der Waals surface area (Å²) in [6, 6.07) is 8.33. The Balaban J connectivity index is 2.04. The van der Waals surface area contributed by atoms with E-state index in [1.165, 1.54) is 5.56 Å². The average Bonchev–Trinajstić information content (AvgIpc) is 2.69. The summed E-state index contributed by atoms with van der Waals surface area (Å²) < 4.78 is 2.96.